The van der Waals surface area contributed by atoms with Gasteiger partial charge in [-0.3, -0.25) is 9.59 Å². The molecule has 1 N–H and O–H groups in total. The average molecular weight is 486 g/mol. The van der Waals surface area contributed by atoms with Crippen molar-refractivity contribution in [2.45, 2.75) is 56.7 Å². The van der Waals surface area contributed by atoms with Crippen LogP contribution in [-0.2, 0) is 14.3 Å². The summed E-state index contributed by atoms with van der Waals surface area (Å²) < 4.78 is 7.47. The van der Waals surface area contributed by atoms with Gasteiger partial charge in [-0.05, 0) is 76.3 Å². The average Bonchev–Trinajstić information content (AvgIpc) is 2.99. The standard InChI is InChI=1S/C24H28BrN3O3/c1-15-21(16(2)28(27-15)19-6-4-3-5-7-19)26-20(29)13-31-22(30)23-9-17-8-18(10-23)12-24(25,11-17)14-23/h3-7,17-18H,8-14H2,1-2H3,(H,26,29)/t17-,18-,23?,24?/m1/s1. The number of amides is 1. The van der Waals surface area contributed by atoms with Crippen molar-refractivity contribution in [3.05, 3.63) is 41.7 Å². The molecule has 1 heterocycles. The molecule has 2 atom stereocenters. The lowest BCUT2D eigenvalue weighted by Crippen LogP contribution is -2.56. The van der Waals surface area contributed by atoms with E-state index in [2.05, 4.69) is 26.3 Å². The number of nitrogens with one attached hydrogen (secondary N) is 1. The topological polar surface area (TPSA) is 73.2 Å². The summed E-state index contributed by atoms with van der Waals surface area (Å²) in [6, 6.07) is 9.79. The van der Waals surface area contributed by atoms with Crippen LogP contribution in [0.3, 0.4) is 0 Å². The van der Waals surface area contributed by atoms with E-state index in [4.69, 9.17) is 4.74 Å². The number of carbonyl (C=O) groups excluding carboxylic acids is 2. The van der Waals surface area contributed by atoms with Gasteiger partial charge in [0.2, 0.25) is 0 Å². The number of ether oxygens (including phenoxy) is 1. The molecule has 4 bridgehead atoms. The second-order valence-electron chi connectivity index (χ2n) is 9.81. The van der Waals surface area contributed by atoms with E-state index in [9.17, 15) is 9.59 Å². The van der Waals surface area contributed by atoms with Crippen LogP contribution in [-0.4, -0.2) is 32.6 Å². The van der Waals surface area contributed by atoms with Crippen molar-refractivity contribution < 1.29 is 14.3 Å². The number of aryl methyl sites for hydroxylation is 1. The number of carbonyl (C=O) groups is 2. The Labute approximate surface area is 190 Å². The van der Waals surface area contributed by atoms with E-state index in [1.807, 2.05) is 48.9 Å². The summed E-state index contributed by atoms with van der Waals surface area (Å²) >= 11 is 3.93. The summed E-state index contributed by atoms with van der Waals surface area (Å²) in [5.41, 5.74) is 2.74. The third kappa shape index (κ3) is 3.71. The lowest BCUT2D eigenvalue weighted by molar-refractivity contribution is -0.170. The Morgan fingerprint density at radius 2 is 1.84 bits per heavy atom. The highest BCUT2D eigenvalue weighted by molar-refractivity contribution is 9.10. The van der Waals surface area contributed by atoms with Crippen LogP contribution in [0.15, 0.2) is 30.3 Å². The quantitative estimate of drug-likeness (QED) is 0.491. The third-order valence-electron chi connectivity index (χ3n) is 7.31. The van der Waals surface area contributed by atoms with Gasteiger partial charge in [-0.25, -0.2) is 4.68 Å². The largest absolute Gasteiger partial charge is 0.455 e. The van der Waals surface area contributed by atoms with E-state index >= 15 is 0 Å². The predicted octanol–water partition coefficient (Wildman–Crippen LogP) is 4.70. The first-order valence-corrected chi connectivity index (χ1v) is 11.8. The second-order valence-corrected chi connectivity index (χ2v) is 11.5. The summed E-state index contributed by atoms with van der Waals surface area (Å²) in [5, 5.41) is 7.45. The van der Waals surface area contributed by atoms with Gasteiger partial charge in [0.1, 0.15) is 0 Å². The molecule has 0 unspecified atom stereocenters. The van der Waals surface area contributed by atoms with Gasteiger partial charge >= 0.3 is 5.97 Å². The fraction of sp³-hybridized carbons (Fsp3) is 0.542. The molecule has 0 aliphatic heterocycles. The third-order valence-corrected chi connectivity index (χ3v) is 8.24. The number of aromatic nitrogens is 2. The predicted molar refractivity (Wildman–Crippen MR) is 121 cm³/mol. The molecule has 1 amide bonds. The molecule has 1 aromatic heterocycles. The summed E-state index contributed by atoms with van der Waals surface area (Å²) in [6.45, 7) is 3.51. The maximum absolute atomic E-state index is 13.1. The van der Waals surface area contributed by atoms with Crippen LogP contribution in [0, 0.1) is 31.1 Å². The lowest BCUT2D eigenvalue weighted by atomic mass is 9.49. The van der Waals surface area contributed by atoms with Crippen LogP contribution in [0.25, 0.3) is 5.69 Å². The maximum Gasteiger partial charge on any atom is 0.312 e. The lowest BCUT2D eigenvalue weighted by Gasteiger charge is -2.58. The molecule has 6 nitrogen and oxygen atoms in total. The molecule has 2 aromatic rings. The minimum absolute atomic E-state index is 0.0820. The van der Waals surface area contributed by atoms with E-state index < -0.39 is 5.41 Å². The van der Waals surface area contributed by atoms with Gasteiger partial charge in [-0.2, -0.15) is 5.10 Å². The summed E-state index contributed by atoms with van der Waals surface area (Å²) in [5.74, 6) is 0.659. The minimum Gasteiger partial charge on any atom is -0.455 e. The number of halogens is 1. The van der Waals surface area contributed by atoms with Crippen LogP contribution >= 0.6 is 15.9 Å². The Kier molecular flexibility index (Phi) is 5.00. The molecule has 4 fully saturated rings. The first-order chi connectivity index (χ1) is 14.8. The number of anilines is 1. The van der Waals surface area contributed by atoms with Crippen LogP contribution in [0.4, 0.5) is 5.69 Å². The van der Waals surface area contributed by atoms with Crippen LogP contribution in [0.2, 0.25) is 0 Å². The highest BCUT2D eigenvalue weighted by Crippen LogP contribution is 2.64. The molecule has 0 saturated heterocycles. The van der Waals surface area contributed by atoms with Crippen LogP contribution in [0.1, 0.15) is 49.9 Å². The Hall–Kier alpha value is -2.15. The number of nitrogens with zero attached hydrogens (tertiary/aromatic N) is 2. The highest BCUT2D eigenvalue weighted by atomic mass is 79.9. The van der Waals surface area contributed by atoms with E-state index in [0.29, 0.717) is 17.5 Å². The summed E-state index contributed by atoms with van der Waals surface area (Å²) in [7, 11) is 0. The molecule has 6 rings (SSSR count). The Morgan fingerprint density at radius 3 is 2.48 bits per heavy atom. The van der Waals surface area contributed by atoms with Crippen molar-refractivity contribution in [1.29, 1.82) is 0 Å². The molecule has 0 spiro atoms. The van der Waals surface area contributed by atoms with E-state index in [1.54, 1.807) is 0 Å². The first-order valence-electron chi connectivity index (χ1n) is 11.0. The smallest absolute Gasteiger partial charge is 0.312 e. The Balaban J connectivity index is 1.24. The SMILES string of the molecule is Cc1nn(-c2ccccc2)c(C)c1NC(=O)COC(=O)C12C[C@H]3C[C@@H](CC(Br)(C3)C1)C2. The van der Waals surface area contributed by atoms with Crippen molar-refractivity contribution in [2.75, 3.05) is 11.9 Å². The molecule has 164 valence electrons. The monoisotopic (exact) mass is 485 g/mol. The number of alkyl halides is 1. The molecule has 4 aliphatic carbocycles. The summed E-state index contributed by atoms with van der Waals surface area (Å²) in [6.07, 6.45) is 6.17. The molecule has 7 heteroatoms. The molecule has 31 heavy (non-hydrogen) atoms. The zero-order valence-electron chi connectivity index (χ0n) is 18.0. The number of hydrogen-bond acceptors (Lipinski definition) is 4. The molecular formula is C24H28BrN3O3. The number of rotatable bonds is 5. The molecule has 4 saturated carbocycles. The number of esters is 1. The normalized spacial score (nSPS) is 30.9. The van der Waals surface area contributed by atoms with Gasteiger partial charge in [0.25, 0.3) is 5.91 Å². The van der Waals surface area contributed by atoms with Crippen molar-refractivity contribution in [3.63, 3.8) is 0 Å². The fourth-order valence-electron chi connectivity index (χ4n) is 6.49. The van der Waals surface area contributed by atoms with Gasteiger partial charge in [0.05, 0.1) is 28.2 Å². The fourth-order valence-corrected chi connectivity index (χ4v) is 7.95. The summed E-state index contributed by atoms with van der Waals surface area (Å²) in [4.78, 5) is 25.7. The van der Waals surface area contributed by atoms with E-state index in [1.165, 1.54) is 6.42 Å². The number of benzene rings is 1. The van der Waals surface area contributed by atoms with Crippen molar-refractivity contribution >= 4 is 33.5 Å². The van der Waals surface area contributed by atoms with E-state index in [0.717, 1.165) is 49.2 Å². The minimum atomic E-state index is -0.419. The van der Waals surface area contributed by atoms with E-state index in [-0.39, 0.29) is 22.8 Å². The number of hydrogen-bond donors (Lipinski definition) is 1. The Bertz CT molecular complexity index is 1020. The van der Waals surface area contributed by atoms with Gasteiger partial charge in [-0.1, -0.05) is 34.1 Å². The molecule has 1 aromatic carbocycles. The van der Waals surface area contributed by atoms with Gasteiger partial charge in [0.15, 0.2) is 6.61 Å². The van der Waals surface area contributed by atoms with Crippen LogP contribution in [0.5, 0.6) is 0 Å². The van der Waals surface area contributed by atoms with Crippen molar-refractivity contribution in [3.8, 4) is 5.69 Å². The number of para-hydroxylation sites is 1. The molecule has 0 radical (unpaired) electrons. The van der Waals surface area contributed by atoms with Gasteiger partial charge in [-0.15, -0.1) is 0 Å². The first kappa shape index (κ1) is 20.7. The van der Waals surface area contributed by atoms with Gasteiger partial charge < -0.3 is 10.1 Å². The van der Waals surface area contributed by atoms with Crippen molar-refractivity contribution in [2.24, 2.45) is 17.3 Å². The van der Waals surface area contributed by atoms with Crippen molar-refractivity contribution in [1.82, 2.24) is 9.78 Å². The second kappa shape index (κ2) is 7.47. The highest BCUT2D eigenvalue weighted by Gasteiger charge is 2.60. The zero-order chi connectivity index (χ0) is 21.8. The van der Waals surface area contributed by atoms with Crippen LogP contribution < -0.4 is 5.32 Å². The molecule has 4 aliphatic rings. The Morgan fingerprint density at radius 1 is 1.16 bits per heavy atom. The molecular weight excluding hydrogens is 458 g/mol. The maximum atomic E-state index is 13.1. The van der Waals surface area contributed by atoms with Gasteiger partial charge in [0, 0.05) is 4.32 Å². The zero-order valence-corrected chi connectivity index (χ0v) is 19.6.